The number of aromatic nitrogens is 2. The Morgan fingerprint density at radius 2 is 1.14 bits per heavy atom. The van der Waals surface area contributed by atoms with Crippen LogP contribution in [0.4, 0.5) is 0 Å². The van der Waals surface area contributed by atoms with Crippen LogP contribution in [0.15, 0.2) is 59.0 Å². The van der Waals surface area contributed by atoms with Crippen LogP contribution in [0.2, 0.25) is 0 Å². The first-order valence-electron chi connectivity index (χ1n) is 18.1. The number of ether oxygens (including phenoxy) is 2. The number of benzene rings is 4. The lowest BCUT2D eigenvalue weighted by molar-refractivity contribution is 0.455. The van der Waals surface area contributed by atoms with E-state index in [0.29, 0.717) is 0 Å². The molecule has 3 aliphatic heterocycles. The predicted octanol–water partition coefficient (Wildman–Crippen LogP) is 10.0. The van der Waals surface area contributed by atoms with Crippen molar-refractivity contribution in [3.63, 3.8) is 0 Å². The molecule has 10 rings (SSSR count). The molecule has 0 spiro atoms. The highest BCUT2D eigenvalue weighted by atomic mass is 16.5. The van der Waals surface area contributed by atoms with Crippen LogP contribution in [0.5, 0.6) is 23.0 Å². The molecule has 0 radical (unpaired) electrons. The maximum atomic E-state index is 7.11. The Labute approximate surface area is 294 Å². The maximum absolute atomic E-state index is 7.11. The molecule has 3 aliphatic rings. The predicted molar refractivity (Wildman–Crippen MR) is 208 cm³/mol. The van der Waals surface area contributed by atoms with Gasteiger partial charge in [-0.05, 0) is 91.7 Å². The van der Waals surface area contributed by atoms with E-state index in [2.05, 4.69) is 147 Å². The second-order valence-electron chi connectivity index (χ2n) is 19.1. The zero-order valence-electron chi connectivity index (χ0n) is 31.4. The van der Waals surface area contributed by atoms with Crippen molar-refractivity contribution < 1.29 is 13.9 Å². The third-order valence-electron chi connectivity index (χ3n) is 11.5. The monoisotopic (exact) mass is 660 g/mol. The van der Waals surface area contributed by atoms with E-state index in [1.165, 1.54) is 49.9 Å². The van der Waals surface area contributed by atoms with E-state index in [4.69, 9.17) is 13.9 Å². The van der Waals surface area contributed by atoms with Gasteiger partial charge in [0.15, 0.2) is 5.58 Å². The average molecular weight is 661 g/mol. The molecule has 6 heterocycles. The summed E-state index contributed by atoms with van der Waals surface area (Å²) < 4.78 is 26.1. The van der Waals surface area contributed by atoms with Crippen molar-refractivity contribution in [3.05, 3.63) is 76.9 Å². The van der Waals surface area contributed by atoms with Gasteiger partial charge in [0.25, 0.3) is 6.71 Å². The highest BCUT2D eigenvalue weighted by Gasteiger charge is 2.49. The molecule has 0 unspecified atom stereocenters. The summed E-state index contributed by atoms with van der Waals surface area (Å²) in [6, 6.07) is 20.1. The first-order valence-corrected chi connectivity index (χ1v) is 18.1. The van der Waals surface area contributed by atoms with E-state index in [1.807, 2.05) is 0 Å². The topological polar surface area (TPSA) is 40.9 Å². The lowest BCUT2D eigenvalue weighted by Crippen LogP contribution is -2.61. The zero-order valence-corrected chi connectivity index (χ0v) is 31.4. The Bertz CT molecular complexity index is 2670. The van der Waals surface area contributed by atoms with Crippen LogP contribution in [0.25, 0.3) is 44.4 Å². The van der Waals surface area contributed by atoms with Crippen molar-refractivity contribution in [1.29, 1.82) is 0 Å². The quantitative estimate of drug-likeness (QED) is 0.152. The standard InChI is InChI=1S/C44H45BN2O3/c1-41(2,3)22-17-26-33-28(18-22)48-29-19-23(42(4,5)6)20-30-34(29)45(33)35-31(49-30)21-25(43(7,8)9)37-38(35)46(26)40-32(44(10,11)12)39-36(47(37)40)24-15-13-14-16-27(24)50-39/h13-21H,1-12H3. The molecular weight excluding hydrogens is 615 g/mol. The van der Waals surface area contributed by atoms with Gasteiger partial charge in [-0.2, -0.15) is 0 Å². The molecule has 50 heavy (non-hydrogen) atoms. The molecule has 4 aromatic carbocycles. The van der Waals surface area contributed by atoms with Gasteiger partial charge in [0.05, 0.1) is 11.0 Å². The Morgan fingerprint density at radius 3 is 1.74 bits per heavy atom. The highest BCUT2D eigenvalue weighted by Crippen LogP contribution is 2.50. The van der Waals surface area contributed by atoms with Crippen LogP contribution in [0, 0.1) is 0 Å². The van der Waals surface area contributed by atoms with Gasteiger partial charge in [0, 0.05) is 22.1 Å². The van der Waals surface area contributed by atoms with Crippen LogP contribution in [-0.2, 0) is 21.7 Å². The molecule has 0 saturated carbocycles. The molecule has 0 fully saturated rings. The number of fused-ring (bicyclic) bond motifs is 8. The van der Waals surface area contributed by atoms with Gasteiger partial charge in [-0.1, -0.05) is 95.2 Å². The summed E-state index contributed by atoms with van der Waals surface area (Å²) >= 11 is 0. The van der Waals surface area contributed by atoms with Crippen LogP contribution in [-0.4, -0.2) is 15.7 Å². The number of nitrogens with zero attached hydrogens (tertiary/aromatic N) is 2. The lowest BCUT2D eigenvalue weighted by Gasteiger charge is -2.40. The maximum Gasteiger partial charge on any atom is 0.266 e. The van der Waals surface area contributed by atoms with Crippen LogP contribution >= 0.6 is 0 Å². The van der Waals surface area contributed by atoms with Gasteiger partial charge >= 0.3 is 0 Å². The molecule has 252 valence electrons. The third-order valence-corrected chi connectivity index (χ3v) is 11.5. The van der Waals surface area contributed by atoms with Crippen molar-refractivity contribution >= 4 is 61.9 Å². The average Bonchev–Trinajstić information content (AvgIpc) is 3.64. The normalized spacial score (nSPS) is 15.1. The van der Waals surface area contributed by atoms with Gasteiger partial charge in [0.1, 0.15) is 39.7 Å². The van der Waals surface area contributed by atoms with Crippen molar-refractivity contribution in [2.24, 2.45) is 0 Å². The van der Waals surface area contributed by atoms with Crippen molar-refractivity contribution in [2.45, 2.75) is 105 Å². The first kappa shape index (κ1) is 30.3. The smallest absolute Gasteiger partial charge is 0.266 e. The summed E-state index contributed by atoms with van der Waals surface area (Å²) in [5.74, 6) is 3.71. The van der Waals surface area contributed by atoms with Crippen LogP contribution < -0.4 is 25.9 Å². The highest BCUT2D eigenvalue weighted by molar-refractivity contribution is 7.00. The molecule has 0 atom stereocenters. The largest absolute Gasteiger partial charge is 0.458 e. The molecular formula is C44H45BN2O3. The molecule has 0 amide bonds. The van der Waals surface area contributed by atoms with Crippen molar-refractivity contribution in [1.82, 2.24) is 8.97 Å². The fraction of sp³-hybridized carbons (Fsp3) is 0.364. The van der Waals surface area contributed by atoms with E-state index < -0.39 is 0 Å². The van der Waals surface area contributed by atoms with Crippen LogP contribution in [0.1, 0.15) is 105 Å². The third kappa shape index (κ3) is 3.65. The summed E-state index contributed by atoms with van der Waals surface area (Å²) in [6.07, 6.45) is 0. The number of furan rings is 1. The number of rotatable bonds is 0. The minimum absolute atomic E-state index is 0.0103. The van der Waals surface area contributed by atoms with Crippen LogP contribution in [0.3, 0.4) is 0 Å². The van der Waals surface area contributed by atoms with E-state index in [9.17, 15) is 0 Å². The Morgan fingerprint density at radius 1 is 0.560 bits per heavy atom. The Hall–Kier alpha value is -4.58. The number of hydrogen-bond donors (Lipinski definition) is 0. The number of imidazole rings is 1. The lowest BCUT2D eigenvalue weighted by atomic mass is 9.33. The van der Waals surface area contributed by atoms with Gasteiger partial charge in [-0.25, -0.2) is 0 Å². The molecule has 0 saturated heterocycles. The molecule has 6 heteroatoms. The van der Waals surface area contributed by atoms with E-state index in [0.717, 1.165) is 56.2 Å². The summed E-state index contributed by atoms with van der Waals surface area (Å²) in [4.78, 5) is 0. The minimum Gasteiger partial charge on any atom is -0.458 e. The van der Waals surface area contributed by atoms with Gasteiger partial charge in [0.2, 0.25) is 0 Å². The molecule has 3 aromatic heterocycles. The summed E-state index contributed by atoms with van der Waals surface area (Å²) in [5, 5.41) is 1.14. The number of hydrogen-bond acceptors (Lipinski definition) is 3. The van der Waals surface area contributed by atoms with Gasteiger partial charge in [-0.15, -0.1) is 0 Å². The van der Waals surface area contributed by atoms with Crippen molar-refractivity contribution in [2.75, 3.05) is 0 Å². The zero-order chi connectivity index (χ0) is 35.2. The summed E-state index contributed by atoms with van der Waals surface area (Å²) in [6.45, 7) is 27.6. The van der Waals surface area contributed by atoms with Crippen molar-refractivity contribution in [3.8, 4) is 28.7 Å². The van der Waals surface area contributed by atoms with E-state index in [-0.39, 0.29) is 28.4 Å². The molecule has 0 N–H and O–H groups in total. The second kappa shape index (κ2) is 8.83. The molecule has 0 bridgehead atoms. The SMILES string of the molecule is CC(C)(C)c1cc2c3c(c1)Oc1cc(C(C)(C)C)c4c5c1B3c1c(cc(C(C)(C)C)cc1-n5c1c(C(C)(C)C)c3oc5ccccc5c3n41)O2. The minimum atomic E-state index is -0.217. The van der Waals surface area contributed by atoms with E-state index >= 15 is 0 Å². The summed E-state index contributed by atoms with van der Waals surface area (Å²) in [7, 11) is 0. The number of para-hydroxylation sites is 1. The molecule has 5 nitrogen and oxygen atoms in total. The summed E-state index contributed by atoms with van der Waals surface area (Å²) in [5.41, 5.74) is 15.8. The fourth-order valence-corrected chi connectivity index (χ4v) is 8.99. The van der Waals surface area contributed by atoms with Gasteiger partial charge < -0.3 is 13.9 Å². The Kier molecular flexibility index (Phi) is 5.34. The van der Waals surface area contributed by atoms with Gasteiger partial charge in [-0.3, -0.25) is 8.97 Å². The van der Waals surface area contributed by atoms with E-state index in [1.54, 1.807) is 0 Å². The molecule has 7 aromatic rings. The Balaban J connectivity index is 1.50. The first-order chi connectivity index (χ1) is 23.3. The second-order valence-corrected chi connectivity index (χ2v) is 19.1. The fourth-order valence-electron chi connectivity index (χ4n) is 8.99. The molecule has 0 aliphatic carbocycles.